The number of fused-ring (bicyclic) bond motifs is 1. The molecule has 0 bridgehead atoms. The Hall–Kier alpha value is -2.82. The standard InChI is InChI=1S/C28H42N6O4/c29-16-8-7-13-22(24(35)26(37)31-21-11-5-2-6-12-21)32-25(36)23-14-17-33-18-15-28(30,27(38)34(23)33)19-20-9-3-1-4-10-20/h1,3-4,9-10,21-23H,2,5-8,11-19,29-30H2,(H,31,37)(H,32,36). The van der Waals surface area contributed by atoms with Gasteiger partial charge in [-0.2, -0.15) is 0 Å². The van der Waals surface area contributed by atoms with Gasteiger partial charge in [-0.15, -0.1) is 0 Å². The first-order valence-corrected chi connectivity index (χ1v) is 14.1. The van der Waals surface area contributed by atoms with Gasteiger partial charge in [0.1, 0.15) is 11.6 Å². The normalized spacial score (nSPS) is 25.1. The minimum absolute atomic E-state index is 0.00255. The largest absolute Gasteiger partial charge is 0.347 e. The summed E-state index contributed by atoms with van der Waals surface area (Å²) in [6.07, 6.45) is 7.85. The van der Waals surface area contributed by atoms with Gasteiger partial charge in [0.15, 0.2) is 0 Å². The summed E-state index contributed by atoms with van der Waals surface area (Å²) in [4.78, 5) is 53.1. The van der Waals surface area contributed by atoms with E-state index in [0.29, 0.717) is 58.2 Å². The van der Waals surface area contributed by atoms with E-state index in [-0.39, 0.29) is 11.9 Å². The molecule has 3 amide bonds. The first-order chi connectivity index (χ1) is 18.3. The second-order valence-corrected chi connectivity index (χ2v) is 11.0. The third kappa shape index (κ3) is 6.59. The lowest BCUT2D eigenvalue weighted by Crippen LogP contribution is -2.67. The number of amides is 3. The molecule has 3 atom stereocenters. The molecule has 1 aliphatic carbocycles. The highest BCUT2D eigenvalue weighted by molar-refractivity contribution is 6.38. The molecule has 1 aromatic rings. The summed E-state index contributed by atoms with van der Waals surface area (Å²) in [6, 6.07) is 7.89. The predicted octanol–water partition coefficient (Wildman–Crippen LogP) is 0.780. The maximum atomic E-state index is 13.6. The number of hydrazine groups is 1. The summed E-state index contributed by atoms with van der Waals surface area (Å²) in [6.45, 7) is 1.59. The molecule has 1 saturated carbocycles. The maximum Gasteiger partial charge on any atom is 0.289 e. The van der Waals surface area contributed by atoms with Crippen molar-refractivity contribution < 1.29 is 19.2 Å². The molecule has 2 aliphatic heterocycles. The molecule has 4 rings (SSSR count). The Morgan fingerprint density at radius 2 is 1.76 bits per heavy atom. The van der Waals surface area contributed by atoms with Gasteiger partial charge in [-0.3, -0.25) is 24.2 Å². The minimum Gasteiger partial charge on any atom is -0.347 e. The number of ketones is 1. The first-order valence-electron chi connectivity index (χ1n) is 14.1. The van der Waals surface area contributed by atoms with E-state index in [0.717, 1.165) is 37.7 Å². The average Bonchev–Trinajstić information content (AvgIpc) is 3.36. The number of nitrogens with zero attached hydrogens (tertiary/aromatic N) is 2. The van der Waals surface area contributed by atoms with Crippen LogP contribution in [0, 0.1) is 0 Å². The lowest BCUT2D eigenvalue weighted by Gasteiger charge is -2.44. The van der Waals surface area contributed by atoms with Gasteiger partial charge in [-0.05, 0) is 63.5 Å². The molecule has 6 N–H and O–H groups in total. The van der Waals surface area contributed by atoms with Crippen LogP contribution in [0.25, 0.3) is 0 Å². The molecule has 3 aliphatic rings. The number of carbonyl (C=O) groups is 4. The molecule has 1 aromatic carbocycles. The zero-order valence-corrected chi connectivity index (χ0v) is 22.2. The van der Waals surface area contributed by atoms with Crippen molar-refractivity contribution in [3.8, 4) is 0 Å². The fourth-order valence-corrected chi connectivity index (χ4v) is 5.91. The summed E-state index contributed by atoms with van der Waals surface area (Å²) in [5, 5.41) is 9.05. The van der Waals surface area contributed by atoms with Gasteiger partial charge in [-0.1, -0.05) is 49.6 Å². The van der Waals surface area contributed by atoms with E-state index >= 15 is 0 Å². The van der Waals surface area contributed by atoms with Crippen LogP contribution in [-0.2, 0) is 25.6 Å². The number of rotatable bonds is 11. The fourth-order valence-electron chi connectivity index (χ4n) is 5.91. The van der Waals surface area contributed by atoms with Crippen LogP contribution in [0.1, 0.15) is 69.8 Å². The van der Waals surface area contributed by atoms with Gasteiger partial charge in [0.05, 0.1) is 6.04 Å². The monoisotopic (exact) mass is 526 g/mol. The highest BCUT2D eigenvalue weighted by Gasteiger charge is 2.51. The molecule has 208 valence electrons. The van der Waals surface area contributed by atoms with Gasteiger partial charge in [-0.25, -0.2) is 5.01 Å². The average molecular weight is 527 g/mol. The van der Waals surface area contributed by atoms with E-state index in [1.807, 2.05) is 35.3 Å². The Morgan fingerprint density at radius 3 is 2.47 bits per heavy atom. The van der Waals surface area contributed by atoms with Crippen molar-refractivity contribution in [1.29, 1.82) is 0 Å². The van der Waals surface area contributed by atoms with Crippen LogP contribution < -0.4 is 22.1 Å². The quantitative estimate of drug-likeness (QED) is 0.246. The zero-order valence-electron chi connectivity index (χ0n) is 22.2. The molecule has 0 aromatic heterocycles. The van der Waals surface area contributed by atoms with Gasteiger partial charge in [0.2, 0.25) is 11.7 Å². The number of nitrogens with one attached hydrogen (secondary N) is 2. The van der Waals surface area contributed by atoms with E-state index in [2.05, 4.69) is 10.6 Å². The van der Waals surface area contributed by atoms with E-state index in [4.69, 9.17) is 11.5 Å². The van der Waals surface area contributed by atoms with Crippen LogP contribution in [0.2, 0.25) is 0 Å². The molecule has 3 fully saturated rings. The number of carbonyl (C=O) groups excluding carboxylic acids is 4. The summed E-state index contributed by atoms with van der Waals surface area (Å²) in [5.74, 6) is -2.01. The molecule has 0 spiro atoms. The van der Waals surface area contributed by atoms with Crippen molar-refractivity contribution in [3.05, 3.63) is 35.9 Å². The summed E-state index contributed by atoms with van der Waals surface area (Å²) >= 11 is 0. The molecule has 2 saturated heterocycles. The topological polar surface area (TPSA) is 151 Å². The molecule has 2 heterocycles. The molecule has 0 radical (unpaired) electrons. The highest BCUT2D eigenvalue weighted by Crippen LogP contribution is 2.31. The van der Waals surface area contributed by atoms with Crippen LogP contribution in [-0.4, -0.2) is 76.8 Å². The van der Waals surface area contributed by atoms with Gasteiger partial charge >= 0.3 is 0 Å². The van der Waals surface area contributed by atoms with E-state index in [1.165, 1.54) is 5.01 Å². The van der Waals surface area contributed by atoms with Crippen molar-refractivity contribution >= 4 is 23.5 Å². The lowest BCUT2D eigenvalue weighted by molar-refractivity contribution is -0.165. The number of benzene rings is 1. The summed E-state index contributed by atoms with van der Waals surface area (Å²) in [5.41, 5.74) is 12.1. The first kappa shape index (κ1) is 28.2. The Labute approximate surface area is 224 Å². The number of unbranched alkanes of at least 4 members (excludes halogenated alkanes) is 1. The third-order valence-electron chi connectivity index (χ3n) is 8.12. The number of hydrogen-bond acceptors (Lipinski definition) is 7. The molecule has 38 heavy (non-hydrogen) atoms. The molecule has 10 heteroatoms. The maximum absolute atomic E-state index is 13.6. The van der Waals surface area contributed by atoms with Crippen molar-refractivity contribution in [2.24, 2.45) is 11.5 Å². The summed E-state index contributed by atoms with van der Waals surface area (Å²) < 4.78 is 0. The van der Waals surface area contributed by atoms with Crippen molar-refractivity contribution in [2.75, 3.05) is 19.6 Å². The smallest absolute Gasteiger partial charge is 0.289 e. The lowest BCUT2D eigenvalue weighted by atomic mass is 9.85. The molecular weight excluding hydrogens is 484 g/mol. The fraction of sp³-hybridized carbons (Fsp3) is 0.643. The molecular formula is C28H42N6O4. The Balaban J connectivity index is 1.43. The second-order valence-electron chi connectivity index (χ2n) is 11.0. The molecule has 10 nitrogen and oxygen atoms in total. The van der Waals surface area contributed by atoms with Crippen LogP contribution >= 0.6 is 0 Å². The van der Waals surface area contributed by atoms with Gasteiger partial charge in [0.25, 0.3) is 11.8 Å². The predicted molar refractivity (Wildman–Crippen MR) is 143 cm³/mol. The Bertz CT molecular complexity index is 998. The van der Waals surface area contributed by atoms with Crippen LogP contribution in [0.4, 0.5) is 0 Å². The SMILES string of the molecule is NCCCCC(NC(=O)C1CCN2CCC(N)(Cc3ccccc3)C(=O)N12)C(=O)C(=O)NC1CCCCC1. The molecule has 3 unspecified atom stereocenters. The number of Topliss-reactive ketones (excluding diaryl/α,β-unsaturated/α-hetero) is 1. The zero-order chi connectivity index (χ0) is 27.1. The van der Waals surface area contributed by atoms with Crippen molar-refractivity contribution in [2.45, 2.75) is 94.3 Å². The summed E-state index contributed by atoms with van der Waals surface area (Å²) in [7, 11) is 0. The van der Waals surface area contributed by atoms with Crippen LogP contribution in [0.3, 0.4) is 0 Å². The van der Waals surface area contributed by atoms with E-state index in [9.17, 15) is 19.2 Å². The van der Waals surface area contributed by atoms with Gasteiger partial charge in [0, 0.05) is 19.1 Å². The van der Waals surface area contributed by atoms with Crippen molar-refractivity contribution in [1.82, 2.24) is 20.7 Å². The van der Waals surface area contributed by atoms with Crippen LogP contribution in [0.5, 0.6) is 0 Å². The van der Waals surface area contributed by atoms with Crippen LogP contribution in [0.15, 0.2) is 30.3 Å². The van der Waals surface area contributed by atoms with Gasteiger partial charge < -0.3 is 22.1 Å². The highest BCUT2D eigenvalue weighted by atomic mass is 16.2. The van der Waals surface area contributed by atoms with Crippen molar-refractivity contribution in [3.63, 3.8) is 0 Å². The van der Waals surface area contributed by atoms with E-state index in [1.54, 1.807) is 0 Å². The minimum atomic E-state index is -1.11. The number of nitrogens with two attached hydrogens (primary N) is 2. The Morgan fingerprint density at radius 1 is 1.03 bits per heavy atom. The van der Waals surface area contributed by atoms with E-state index < -0.39 is 35.2 Å². The third-order valence-corrected chi connectivity index (χ3v) is 8.12. The number of hydrogen-bond donors (Lipinski definition) is 4. The second kappa shape index (κ2) is 12.8. The Kier molecular flexibility index (Phi) is 9.51.